The number of ether oxygens (including phenoxy) is 1. The fraction of sp³-hybridized carbons (Fsp3) is 0.900. The second kappa shape index (κ2) is 5.98. The quantitative estimate of drug-likeness (QED) is 0.683. The maximum absolute atomic E-state index is 11.1. The zero-order valence-electron chi connectivity index (χ0n) is 9.59. The molecule has 0 saturated carbocycles. The molecule has 0 spiro atoms. The van der Waals surface area contributed by atoms with Crippen molar-refractivity contribution in [2.45, 2.75) is 33.3 Å². The number of amides is 1. The van der Waals surface area contributed by atoms with E-state index in [-0.39, 0.29) is 17.4 Å². The van der Waals surface area contributed by atoms with Gasteiger partial charge in [0.2, 0.25) is 5.91 Å². The molecule has 0 bridgehead atoms. The summed E-state index contributed by atoms with van der Waals surface area (Å²) >= 11 is 0. The van der Waals surface area contributed by atoms with E-state index in [9.17, 15) is 4.79 Å². The minimum atomic E-state index is -0.0150. The smallest absolute Gasteiger partial charge is 0.221 e. The molecule has 1 amide bonds. The normalized spacial score (nSPS) is 13.8. The summed E-state index contributed by atoms with van der Waals surface area (Å²) in [5.74, 6) is -0.0150. The Morgan fingerprint density at radius 2 is 2.07 bits per heavy atom. The summed E-state index contributed by atoms with van der Waals surface area (Å²) in [4.78, 5) is 11.1. The molecule has 0 aromatic rings. The average molecular weight is 202 g/mol. The molecule has 84 valence electrons. The fourth-order valence-electron chi connectivity index (χ4n) is 1.17. The van der Waals surface area contributed by atoms with Gasteiger partial charge in [0.25, 0.3) is 0 Å². The molecule has 0 rings (SSSR count). The Morgan fingerprint density at radius 1 is 1.50 bits per heavy atom. The highest BCUT2D eigenvalue weighted by Gasteiger charge is 2.24. The maximum atomic E-state index is 11.1. The molecule has 4 heteroatoms. The first kappa shape index (κ1) is 13.4. The van der Waals surface area contributed by atoms with Gasteiger partial charge in [0.05, 0.1) is 6.10 Å². The number of hydrogen-bond donors (Lipinski definition) is 2. The molecule has 0 radical (unpaired) electrons. The second-order valence-electron chi connectivity index (χ2n) is 4.43. The first-order valence-electron chi connectivity index (χ1n) is 4.91. The molecule has 0 aliphatic carbocycles. The van der Waals surface area contributed by atoms with Crippen LogP contribution in [0.25, 0.3) is 0 Å². The van der Waals surface area contributed by atoms with Crippen molar-refractivity contribution in [2.75, 3.05) is 20.2 Å². The molecule has 1 atom stereocenters. The summed E-state index contributed by atoms with van der Waals surface area (Å²) in [6, 6.07) is 0. The molecule has 0 aliphatic heterocycles. The lowest BCUT2D eigenvalue weighted by molar-refractivity contribution is -0.121. The molecular weight excluding hydrogens is 180 g/mol. The monoisotopic (exact) mass is 202 g/mol. The van der Waals surface area contributed by atoms with Gasteiger partial charge in [0, 0.05) is 26.6 Å². The minimum absolute atomic E-state index is 0.0150. The molecule has 1 unspecified atom stereocenters. The zero-order valence-corrected chi connectivity index (χ0v) is 9.59. The van der Waals surface area contributed by atoms with E-state index in [0.717, 1.165) is 0 Å². The van der Waals surface area contributed by atoms with Crippen LogP contribution in [0.3, 0.4) is 0 Å². The van der Waals surface area contributed by atoms with Crippen LogP contribution in [0.15, 0.2) is 0 Å². The predicted molar refractivity (Wildman–Crippen MR) is 56.9 cm³/mol. The number of rotatable bonds is 5. The SMILES string of the molecule is COC(CNC(=O)CCN)C(C)(C)C. The number of carbonyl (C=O) groups is 1. The Hall–Kier alpha value is -0.610. The van der Waals surface area contributed by atoms with Crippen LogP contribution in [-0.4, -0.2) is 32.2 Å². The Kier molecular flexibility index (Phi) is 5.72. The maximum Gasteiger partial charge on any atom is 0.221 e. The first-order chi connectivity index (χ1) is 6.41. The van der Waals surface area contributed by atoms with E-state index in [1.807, 2.05) is 0 Å². The molecule has 0 aromatic carbocycles. The largest absolute Gasteiger partial charge is 0.379 e. The van der Waals surface area contributed by atoms with Crippen molar-refractivity contribution < 1.29 is 9.53 Å². The lowest BCUT2D eigenvalue weighted by atomic mass is 9.89. The number of hydrogen-bond acceptors (Lipinski definition) is 3. The highest BCUT2D eigenvalue weighted by atomic mass is 16.5. The summed E-state index contributed by atoms with van der Waals surface area (Å²) in [5, 5.41) is 2.80. The van der Waals surface area contributed by atoms with E-state index < -0.39 is 0 Å². The Bertz CT molecular complexity index is 175. The summed E-state index contributed by atoms with van der Waals surface area (Å²) < 4.78 is 5.30. The minimum Gasteiger partial charge on any atom is -0.379 e. The van der Waals surface area contributed by atoms with Gasteiger partial charge in [-0.15, -0.1) is 0 Å². The number of nitrogens with one attached hydrogen (secondary N) is 1. The van der Waals surface area contributed by atoms with Crippen molar-refractivity contribution in [3.05, 3.63) is 0 Å². The average Bonchev–Trinajstić information content (AvgIpc) is 2.03. The van der Waals surface area contributed by atoms with Crippen LogP contribution < -0.4 is 11.1 Å². The van der Waals surface area contributed by atoms with Crippen molar-refractivity contribution in [2.24, 2.45) is 11.1 Å². The van der Waals surface area contributed by atoms with Crippen molar-refractivity contribution in [1.29, 1.82) is 0 Å². The van der Waals surface area contributed by atoms with Crippen LogP contribution >= 0.6 is 0 Å². The van der Waals surface area contributed by atoms with Crippen molar-refractivity contribution in [3.8, 4) is 0 Å². The van der Waals surface area contributed by atoms with Crippen LogP contribution in [-0.2, 0) is 9.53 Å². The van der Waals surface area contributed by atoms with Crippen molar-refractivity contribution in [1.82, 2.24) is 5.32 Å². The van der Waals surface area contributed by atoms with E-state index in [0.29, 0.717) is 19.5 Å². The lowest BCUT2D eigenvalue weighted by Crippen LogP contribution is -2.40. The van der Waals surface area contributed by atoms with Gasteiger partial charge in [-0.05, 0) is 5.41 Å². The zero-order chi connectivity index (χ0) is 11.2. The summed E-state index contributed by atoms with van der Waals surface area (Å²) in [6.07, 6.45) is 0.407. The second-order valence-corrected chi connectivity index (χ2v) is 4.43. The van der Waals surface area contributed by atoms with Gasteiger partial charge < -0.3 is 15.8 Å². The van der Waals surface area contributed by atoms with Gasteiger partial charge in [0.1, 0.15) is 0 Å². The Morgan fingerprint density at radius 3 is 2.43 bits per heavy atom. The standard InChI is InChI=1S/C10H22N2O2/c1-10(2,3)8(14-4)7-12-9(13)5-6-11/h8H,5-7,11H2,1-4H3,(H,12,13). The molecule has 0 fully saturated rings. The van der Waals surface area contributed by atoms with E-state index in [1.165, 1.54) is 0 Å². The molecule has 0 aliphatic rings. The van der Waals surface area contributed by atoms with Gasteiger partial charge in [0.15, 0.2) is 0 Å². The van der Waals surface area contributed by atoms with Crippen LogP contribution in [0.4, 0.5) is 0 Å². The third-order valence-electron chi connectivity index (χ3n) is 2.11. The molecule has 3 N–H and O–H groups in total. The van der Waals surface area contributed by atoms with E-state index >= 15 is 0 Å². The molecule has 14 heavy (non-hydrogen) atoms. The number of methoxy groups -OCH3 is 1. The number of nitrogens with two attached hydrogens (primary N) is 1. The van der Waals surface area contributed by atoms with E-state index in [2.05, 4.69) is 26.1 Å². The van der Waals surface area contributed by atoms with E-state index in [1.54, 1.807) is 7.11 Å². The first-order valence-corrected chi connectivity index (χ1v) is 4.91. The van der Waals surface area contributed by atoms with E-state index in [4.69, 9.17) is 10.5 Å². The van der Waals surface area contributed by atoms with Gasteiger partial charge in [-0.3, -0.25) is 4.79 Å². The highest BCUT2D eigenvalue weighted by Crippen LogP contribution is 2.20. The van der Waals surface area contributed by atoms with Gasteiger partial charge in [-0.25, -0.2) is 0 Å². The third-order valence-corrected chi connectivity index (χ3v) is 2.11. The topological polar surface area (TPSA) is 64.3 Å². The van der Waals surface area contributed by atoms with Crippen LogP contribution in [0.2, 0.25) is 0 Å². The van der Waals surface area contributed by atoms with Gasteiger partial charge in [-0.2, -0.15) is 0 Å². The molecule has 0 heterocycles. The third kappa shape index (κ3) is 5.19. The highest BCUT2D eigenvalue weighted by molar-refractivity contribution is 5.76. The van der Waals surface area contributed by atoms with Gasteiger partial charge >= 0.3 is 0 Å². The summed E-state index contributed by atoms with van der Waals surface area (Å²) in [7, 11) is 1.66. The lowest BCUT2D eigenvalue weighted by Gasteiger charge is -2.29. The van der Waals surface area contributed by atoms with Crippen molar-refractivity contribution in [3.63, 3.8) is 0 Å². The summed E-state index contributed by atoms with van der Waals surface area (Å²) in [5.41, 5.74) is 5.29. The molecular formula is C10H22N2O2. The Balaban J connectivity index is 3.91. The fourth-order valence-corrected chi connectivity index (χ4v) is 1.17. The van der Waals surface area contributed by atoms with Crippen LogP contribution in [0.5, 0.6) is 0 Å². The van der Waals surface area contributed by atoms with Crippen molar-refractivity contribution >= 4 is 5.91 Å². The van der Waals surface area contributed by atoms with Crippen LogP contribution in [0.1, 0.15) is 27.2 Å². The Labute approximate surface area is 86.2 Å². The predicted octanol–water partition coefficient (Wildman–Crippen LogP) is 0.513. The van der Waals surface area contributed by atoms with Gasteiger partial charge in [-0.1, -0.05) is 20.8 Å². The van der Waals surface area contributed by atoms with Crippen LogP contribution in [0, 0.1) is 5.41 Å². The molecule has 0 aromatic heterocycles. The molecule has 4 nitrogen and oxygen atoms in total. The number of carbonyl (C=O) groups excluding carboxylic acids is 1. The molecule has 0 saturated heterocycles. The summed E-state index contributed by atoms with van der Waals surface area (Å²) in [6.45, 7) is 7.17.